The van der Waals surface area contributed by atoms with Gasteiger partial charge in [0.2, 0.25) is 5.95 Å². The van der Waals surface area contributed by atoms with Crippen LogP contribution in [0.3, 0.4) is 0 Å². The van der Waals surface area contributed by atoms with E-state index in [0.717, 1.165) is 22.6 Å². The largest absolute Gasteiger partial charge is 0.497 e. The number of benzene rings is 1. The molecule has 0 bridgehead atoms. The quantitative estimate of drug-likeness (QED) is 0.512. The van der Waals surface area contributed by atoms with E-state index in [4.69, 9.17) is 4.74 Å². The van der Waals surface area contributed by atoms with Crippen LogP contribution in [0.25, 0.3) is 11.3 Å². The van der Waals surface area contributed by atoms with Crippen molar-refractivity contribution in [3.05, 3.63) is 60.4 Å². The molecule has 1 atom stereocenters. The molecule has 7 heteroatoms. The molecular weight excluding hydrogens is 366 g/mol. The van der Waals surface area contributed by atoms with E-state index in [2.05, 4.69) is 25.6 Å². The minimum absolute atomic E-state index is 0.00468. The molecule has 152 valence electrons. The summed E-state index contributed by atoms with van der Waals surface area (Å²) in [6.07, 6.45) is 3.50. The van der Waals surface area contributed by atoms with Gasteiger partial charge in [-0.1, -0.05) is 26.0 Å². The number of anilines is 2. The van der Waals surface area contributed by atoms with Crippen LogP contribution >= 0.6 is 0 Å². The molecule has 0 saturated carbocycles. The van der Waals surface area contributed by atoms with Gasteiger partial charge in [0.25, 0.3) is 0 Å². The van der Waals surface area contributed by atoms with Crippen LogP contribution in [0.15, 0.2) is 54.9 Å². The Morgan fingerprint density at radius 3 is 2.66 bits per heavy atom. The zero-order valence-corrected chi connectivity index (χ0v) is 17.0. The molecule has 0 spiro atoms. The van der Waals surface area contributed by atoms with Crippen LogP contribution in [-0.2, 0) is 6.54 Å². The van der Waals surface area contributed by atoms with Crippen molar-refractivity contribution in [1.82, 2.24) is 15.0 Å². The van der Waals surface area contributed by atoms with Gasteiger partial charge < -0.3 is 20.5 Å². The standard InChI is InChI=1S/C22H27N5O2/c1-15(2)20(14-28)26-22-25-19(17-7-5-9-23-13-17)11-21(27-22)24-12-16-6-4-8-18(10-16)29-3/h4-11,13,15,20,28H,12,14H2,1-3H3,(H2,24,25,26,27)/t20-/m1/s1. The number of ether oxygens (including phenoxy) is 1. The van der Waals surface area contributed by atoms with Gasteiger partial charge in [-0.2, -0.15) is 4.98 Å². The zero-order valence-electron chi connectivity index (χ0n) is 17.0. The number of methoxy groups -OCH3 is 1. The van der Waals surface area contributed by atoms with Gasteiger partial charge >= 0.3 is 0 Å². The molecule has 1 aromatic carbocycles. The Bertz CT molecular complexity index is 918. The Kier molecular flexibility index (Phi) is 6.97. The van der Waals surface area contributed by atoms with Crippen molar-refractivity contribution in [3.8, 4) is 17.0 Å². The minimum Gasteiger partial charge on any atom is -0.497 e. The maximum atomic E-state index is 9.66. The van der Waals surface area contributed by atoms with Crippen molar-refractivity contribution >= 4 is 11.8 Å². The van der Waals surface area contributed by atoms with Gasteiger partial charge in [0.05, 0.1) is 25.5 Å². The number of pyridine rings is 1. The molecule has 0 aliphatic carbocycles. The number of aliphatic hydroxyl groups is 1. The molecule has 29 heavy (non-hydrogen) atoms. The number of nitrogens with one attached hydrogen (secondary N) is 2. The number of nitrogens with zero attached hydrogens (tertiary/aromatic N) is 3. The predicted octanol–water partition coefficient (Wildman–Crippen LogP) is 3.59. The summed E-state index contributed by atoms with van der Waals surface area (Å²) in [7, 11) is 1.65. The summed E-state index contributed by atoms with van der Waals surface area (Å²) < 4.78 is 5.29. The first-order valence-corrected chi connectivity index (χ1v) is 9.62. The average Bonchev–Trinajstić information content (AvgIpc) is 2.76. The van der Waals surface area contributed by atoms with Crippen molar-refractivity contribution in [1.29, 1.82) is 0 Å². The van der Waals surface area contributed by atoms with E-state index in [9.17, 15) is 5.11 Å². The van der Waals surface area contributed by atoms with Crippen LogP contribution in [0.2, 0.25) is 0 Å². The van der Waals surface area contributed by atoms with Crippen LogP contribution in [0, 0.1) is 5.92 Å². The predicted molar refractivity (Wildman–Crippen MR) is 115 cm³/mol. The molecule has 3 rings (SSSR count). The summed E-state index contributed by atoms with van der Waals surface area (Å²) in [5, 5.41) is 16.3. The molecule has 3 aromatic rings. The molecule has 3 N–H and O–H groups in total. The first kappa shape index (κ1) is 20.5. The van der Waals surface area contributed by atoms with Crippen LogP contribution in [0.4, 0.5) is 11.8 Å². The van der Waals surface area contributed by atoms with E-state index in [1.54, 1.807) is 19.5 Å². The SMILES string of the molecule is COc1cccc(CNc2cc(-c3cccnc3)nc(N[C@H](CO)C(C)C)n2)c1. The van der Waals surface area contributed by atoms with Crippen LogP contribution in [0.1, 0.15) is 19.4 Å². The van der Waals surface area contributed by atoms with Gasteiger partial charge in [-0.05, 0) is 35.7 Å². The highest BCUT2D eigenvalue weighted by molar-refractivity contribution is 5.63. The van der Waals surface area contributed by atoms with Crippen LogP contribution in [-0.4, -0.2) is 39.8 Å². The fourth-order valence-electron chi connectivity index (χ4n) is 2.83. The zero-order chi connectivity index (χ0) is 20.6. The Morgan fingerprint density at radius 1 is 1.10 bits per heavy atom. The fraction of sp³-hybridized carbons (Fsp3) is 0.318. The highest BCUT2D eigenvalue weighted by Crippen LogP contribution is 2.22. The van der Waals surface area contributed by atoms with Gasteiger partial charge in [0.1, 0.15) is 11.6 Å². The lowest BCUT2D eigenvalue weighted by atomic mass is 10.1. The Hall–Kier alpha value is -3.19. The summed E-state index contributed by atoms with van der Waals surface area (Å²) in [6, 6.07) is 13.5. The van der Waals surface area contributed by atoms with E-state index >= 15 is 0 Å². The molecule has 2 aromatic heterocycles. The molecule has 7 nitrogen and oxygen atoms in total. The van der Waals surface area contributed by atoms with Crippen molar-refractivity contribution in [3.63, 3.8) is 0 Å². The van der Waals surface area contributed by atoms with Crippen molar-refractivity contribution < 1.29 is 9.84 Å². The molecule has 0 radical (unpaired) electrons. The maximum absolute atomic E-state index is 9.66. The molecule has 0 aliphatic heterocycles. The first-order chi connectivity index (χ1) is 14.1. The first-order valence-electron chi connectivity index (χ1n) is 9.62. The lowest BCUT2D eigenvalue weighted by Gasteiger charge is -2.20. The molecule has 0 saturated heterocycles. The topological polar surface area (TPSA) is 92.2 Å². The van der Waals surface area contributed by atoms with Crippen LogP contribution in [0.5, 0.6) is 5.75 Å². The lowest BCUT2D eigenvalue weighted by molar-refractivity contribution is 0.248. The second-order valence-corrected chi connectivity index (χ2v) is 7.09. The summed E-state index contributed by atoms with van der Waals surface area (Å²) in [4.78, 5) is 13.4. The normalized spacial score (nSPS) is 11.9. The van der Waals surface area contributed by atoms with Crippen molar-refractivity contribution in [2.24, 2.45) is 5.92 Å². The monoisotopic (exact) mass is 393 g/mol. The minimum atomic E-state index is -0.134. The van der Waals surface area contributed by atoms with E-state index in [1.165, 1.54) is 0 Å². The molecule has 0 aliphatic rings. The highest BCUT2D eigenvalue weighted by Gasteiger charge is 2.15. The molecule has 0 fully saturated rings. The smallest absolute Gasteiger partial charge is 0.225 e. The summed E-state index contributed by atoms with van der Waals surface area (Å²) in [6.45, 7) is 4.68. The van der Waals surface area contributed by atoms with E-state index in [0.29, 0.717) is 18.3 Å². The van der Waals surface area contributed by atoms with Crippen molar-refractivity contribution in [2.45, 2.75) is 26.4 Å². The number of aliphatic hydroxyl groups excluding tert-OH is 1. The summed E-state index contributed by atoms with van der Waals surface area (Å²) in [5.74, 6) is 2.20. The fourth-order valence-corrected chi connectivity index (χ4v) is 2.83. The van der Waals surface area contributed by atoms with Gasteiger partial charge in [0.15, 0.2) is 0 Å². The van der Waals surface area contributed by atoms with Gasteiger partial charge in [-0.3, -0.25) is 4.98 Å². The maximum Gasteiger partial charge on any atom is 0.225 e. The number of rotatable bonds is 9. The van der Waals surface area contributed by atoms with Crippen molar-refractivity contribution in [2.75, 3.05) is 24.4 Å². The van der Waals surface area contributed by atoms with E-state index < -0.39 is 0 Å². The Balaban J connectivity index is 1.87. The highest BCUT2D eigenvalue weighted by atomic mass is 16.5. The second-order valence-electron chi connectivity index (χ2n) is 7.09. The Morgan fingerprint density at radius 2 is 1.97 bits per heavy atom. The number of aromatic nitrogens is 3. The summed E-state index contributed by atoms with van der Waals surface area (Å²) >= 11 is 0. The lowest BCUT2D eigenvalue weighted by Crippen LogP contribution is -2.30. The van der Waals surface area contributed by atoms with Crippen LogP contribution < -0.4 is 15.4 Å². The summed E-state index contributed by atoms with van der Waals surface area (Å²) in [5.41, 5.74) is 2.73. The van der Waals surface area contributed by atoms with Gasteiger partial charge in [-0.25, -0.2) is 4.98 Å². The average molecular weight is 393 g/mol. The third-order valence-corrected chi connectivity index (χ3v) is 4.61. The molecule has 2 heterocycles. The third-order valence-electron chi connectivity index (χ3n) is 4.61. The number of hydrogen-bond donors (Lipinski definition) is 3. The molecule has 0 unspecified atom stereocenters. The number of hydrogen-bond acceptors (Lipinski definition) is 7. The molecule has 0 amide bonds. The van der Waals surface area contributed by atoms with Gasteiger partial charge in [0, 0.05) is 30.6 Å². The second kappa shape index (κ2) is 9.84. The van der Waals surface area contributed by atoms with E-state index in [-0.39, 0.29) is 18.6 Å². The third kappa shape index (κ3) is 5.65. The molecular formula is C22H27N5O2. The Labute approximate surface area is 171 Å². The van der Waals surface area contributed by atoms with E-state index in [1.807, 2.05) is 56.3 Å². The van der Waals surface area contributed by atoms with Gasteiger partial charge in [-0.15, -0.1) is 0 Å².